The molecule has 0 aliphatic carbocycles. The molecule has 0 saturated carbocycles. The number of carbonyl (C=O) groups excluding carboxylic acids is 1. The number of rotatable bonds is 5. The predicted molar refractivity (Wildman–Crippen MR) is 123 cm³/mol. The van der Waals surface area contributed by atoms with Gasteiger partial charge >= 0.3 is 0 Å². The molecular formula is C25H23FN6O. The molecule has 33 heavy (non-hydrogen) atoms. The monoisotopic (exact) mass is 442 g/mol. The lowest BCUT2D eigenvalue weighted by molar-refractivity contribution is 0.102. The number of benzene rings is 2. The van der Waals surface area contributed by atoms with E-state index in [2.05, 4.69) is 37.6 Å². The maximum atomic E-state index is 13.4. The quantitative estimate of drug-likeness (QED) is 0.507. The Balaban J connectivity index is 1.37. The van der Waals surface area contributed by atoms with Gasteiger partial charge in [-0.1, -0.05) is 29.5 Å². The van der Waals surface area contributed by atoms with Gasteiger partial charge in [0.2, 0.25) is 0 Å². The molecule has 7 nitrogen and oxygen atoms in total. The first-order valence-corrected chi connectivity index (χ1v) is 10.8. The average Bonchev–Trinajstić information content (AvgIpc) is 3.20. The van der Waals surface area contributed by atoms with Crippen LogP contribution in [0.5, 0.6) is 0 Å². The highest BCUT2D eigenvalue weighted by atomic mass is 19.1. The summed E-state index contributed by atoms with van der Waals surface area (Å²) in [7, 11) is 0. The van der Waals surface area contributed by atoms with E-state index in [0.717, 1.165) is 31.7 Å². The van der Waals surface area contributed by atoms with Crippen LogP contribution >= 0.6 is 0 Å². The van der Waals surface area contributed by atoms with Gasteiger partial charge in [0.1, 0.15) is 5.82 Å². The maximum absolute atomic E-state index is 13.4. The van der Waals surface area contributed by atoms with Crippen LogP contribution in [-0.4, -0.2) is 37.3 Å². The maximum Gasteiger partial charge on any atom is 0.278 e. The third-order valence-electron chi connectivity index (χ3n) is 5.87. The SMILES string of the molecule is Cc1c(C(=O)Nc2cccc(F)c2)nnn1-c1cccc2c1CCN(Cc1cccnc1)C2. The molecule has 8 heteroatoms. The Morgan fingerprint density at radius 1 is 1.15 bits per heavy atom. The summed E-state index contributed by atoms with van der Waals surface area (Å²) in [6.07, 6.45) is 4.56. The van der Waals surface area contributed by atoms with Crippen molar-refractivity contribution in [2.45, 2.75) is 26.4 Å². The Hall–Kier alpha value is -3.91. The number of hydrogen-bond donors (Lipinski definition) is 1. The number of fused-ring (bicyclic) bond motifs is 1. The second-order valence-electron chi connectivity index (χ2n) is 8.14. The van der Waals surface area contributed by atoms with E-state index in [9.17, 15) is 9.18 Å². The van der Waals surface area contributed by atoms with Gasteiger partial charge in [-0.2, -0.15) is 0 Å². The minimum absolute atomic E-state index is 0.214. The third kappa shape index (κ3) is 4.38. The Labute approximate surface area is 190 Å². The van der Waals surface area contributed by atoms with E-state index in [4.69, 9.17) is 0 Å². The standard InChI is InChI=1S/C25H23FN6O/c1-17-24(25(33)28-21-8-3-7-20(26)13-21)29-30-32(17)23-9-2-6-19-16-31(12-10-22(19)23)15-18-5-4-11-27-14-18/h2-9,11,13-14H,10,12,15-16H2,1H3,(H,28,33). The Morgan fingerprint density at radius 2 is 2.03 bits per heavy atom. The topological polar surface area (TPSA) is 75.9 Å². The number of anilines is 1. The highest BCUT2D eigenvalue weighted by Crippen LogP contribution is 2.27. The molecule has 0 bridgehead atoms. The number of amides is 1. The zero-order valence-electron chi connectivity index (χ0n) is 18.2. The van der Waals surface area contributed by atoms with Gasteiger partial charge < -0.3 is 5.32 Å². The molecule has 4 aromatic rings. The minimum atomic E-state index is -0.420. The van der Waals surface area contributed by atoms with Crippen LogP contribution in [0.15, 0.2) is 67.0 Å². The van der Waals surface area contributed by atoms with Gasteiger partial charge in [-0.05, 0) is 60.4 Å². The van der Waals surface area contributed by atoms with Crippen molar-refractivity contribution < 1.29 is 9.18 Å². The van der Waals surface area contributed by atoms with Crippen LogP contribution < -0.4 is 5.32 Å². The number of nitrogens with one attached hydrogen (secondary N) is 1. The largest absolute Gasteiger partial charge is 0.320 e. The van der Waals surface area contributed by atoms with Gasteiger partial charge in [0.15, 0.2) is 5.69 Å². The Bertz CT molecular complexity index is 1300. The van der Waals surface area contributed by atoms with E-state index in [1.165, 1.54) is 28.8 Å². The number of nitrogens with zero attached hydrogens (tertiary/aromatic N) is 5. The zero-order valence-corrected chi connectivity index (χ0v) is 18.2. The fourth-order valence-electron chi connectivity index (χ4n) is 4.26. The van der Waals surface area contributed by atoms with Gasteiger partial charge in [0.05, 0.1) is 11.4 Å². The number of aromatic nitrogens is 4. The molecule has 0 fully saturated rings. The Morgan fingerprint density at radius 3 is 2.85 bits per heavy atom. The van der Waals surface area contributed by atoms with Crippen molar-refractivity contribution in [2.75, 3.05) is 11.9 Å². The van der Waals surface area contributed by atoms with Crippen LogP contribution in [0.2, 0.25) is 0 Å². The van der Waals surface area contributed by atoms with E-state index in [1.54, 1.807) is 23.0 Å². The van der Waals surface area contributed by atoms with Crippen molar-refractivity contribution in [2.24, 2.45) is 0 Å². The molecule has 1 N–H and O–H groups in total. The van der Waals surface area contributed by atoms with Gasteiger partial charge in [-0.25, -0.2) is 9.07 Å². The summed E-state index contributed by atoms with van der Waals surface area (Å²) >= 11 is 0. The fraction of sp³-hybridized carbons (Fsp3) is 0.200. The zero-order chi connectivity index (χ0) is 22.8. The molecule has 3 heterocycles. The normalized spacial score (nSPS) is 13.5. The molecule has 0 saturated heterocycles. The van der Waals surface area contributed by atoms with E-state index >= 15 is 0 Å². The molecule has 166 valence electrons. The first kappa shape index (κ1) is 21.0. The van der Waals surface area contributed by atoms with Gasteiger partial charge in [-0.3, -0.25) is 14.7 Å². The number of pyridine rings is 1. The highest BCUT2D eigenvalue weighted by molar-refractivity contribution is 6.03. The summed E-state index contributed by atoms with van der Waals surface area (Å²) in [6.45, 7) is 4.42. The lowest BCUT2D eigenvalue weighted by Gasteiger charge is -2.30. The number of carbonyl (C=O) groups is 1. The summed E-state index contributed by atoms with van der Waals surface area (Å²) in [4.78, 5) is 19.3. The van der Waals surface area contributed by atoms with Crippen LogP contribution in [0.3, 0.4) is 0 Å². The molecule has 2 aromatic heterocycles. The smallest absolute Gasteiger partial charge is 0.278 e. The molecule has 0 unspecified atom stereocenters. The second-order valence-corrected chi connectivity index (χ2v) is 8.14. The van der Waals surface area contributed by atoms with Gasteiger partial charge in [0.25, 0.3) is 5.91 Å². The summed E-state index contributed by atoms with van der Waals surface area (Å²) < 4.78 is 15.2. The Kier molecular flexibility index (Phi) is 5.66. The lowest BCUT2D eigenvalue weighted by Crippen LogP contribution is -2.31. The first-order valence-electron chi connectivity index (χ1n) is 10.8. The molecule has 5 rings (SSSR count). The van der Waals surface area contributed by atoms with Crippen LogP contribution in [0, 0.1) is 12.7 Å². The van der Waals surface area contributed by atoms with E-state index in [-0.39, 0.29) is 5.69 Å². The minimum Gasteiger partial charge on any atom is -0.320 e. The molecule has 1 aliphatic heterocycles. The van der Waals surface area contributed by atoms with Crippen molar-refractivity contribution in [3.63, 3.8) is 0 Å². The summed E-state index contributed by atoms with van der Waals surface area (Å²) in [6, 6.07) is 16.0. The van der Waals surface area contributed by atoms with Crippen LogP contribution in [-0.2, 0) is 19.5 Å². The van der Waals surface area contributed by atoms with E-state index in [1.807, 2.05) is 31.3 Å². The van der Waals surface area contributed by atoms with Gasteiger partial charge in [-0.15, -0.1) is 5.10 Å². The molecule has 1 amide bonds. The fourth-order valence-corrected chi connectivity index (χ4v) is 4.26. The van der Waals surface area contributed by atoms with Gasteiger partial charge in [0, 0.05) is 37.7 Å². The van der Waals surface area contributed by atoms with Crippen molar-refractivity contribution in [3.05, 3.63) is 101 Å². The van der Waals surface area contributed by atoms with Crippen molar-refractivity contribution in [1.82, 2.24) is 24.9 Å². The van der Waals surface area contributed by atoms with Crippen LogP contribution in [0.1, 0.15) is 32.9 Å². The van der Waals surface area contributed by atoms with Crippen molar-refractivity contribution in [3.8, 4) is 5.69 Å². The molecule has 0 radical (unpaired) electrons. The second kappa shape index (κ2) is 8.91. The first-order chi connectivity index (χ1) is 16.1. The van der Waals surface area contributed by atoms with Crippen molar-refractivity contribution >= 4 is 11.6 Å². The highest BCUT2D eigenvalue weighted by Gasteiger charge is 2.23. The van der Waals surface area contributed by atoms with E-state index < -0.39 is 11.7 Å². The molecule has 0 atom stereocenters. The molecule has 1 aliphatic rings. The predicted octanol–water partition coefficient (Wildman–Crippen LogP) is 3.92. The molecule has 2 aromatic carbocycles. The summed E-state index contributed by atoms with van der Waals surface area (Å²) in [5, 5.41) is 11.1. The number of halogens is 1. The van der Waals surface area contributed by atoms with Crippen LogP contribution in [0.4, 0.5) is 10.1 Å². The summed E-state index contributed by atoms with van der Waals surface area (Å²) in [5.41, 5.74) is 5.80. The molecule has 0 spiro atoms. The summed E-state index contributed by atoms with van der Waals surface area (Å²) in [5.74, 6) is -0.835. The number of hydrogen-bond acceptors (Lipinski definition) is 5. The lowest BCUT2D eigenvalue weighted by atomic mass is 9.97. The van der Waals surface area contributed by atoms with Crippen molar-refractivity contribution in [1.29, 1.82) is 0 Å². The average molecular weight is 442 g/mol. The van der Waals surface area contributed by atoms with Crippen LogP contribution in [0.25, 0.3) is 5.69 Å². The third-order valence-corrected chi connectivity index (χ3v) is 5.87. The molecular weight excluding hydrogens is 419 g/mol. The van der Waals surface area contributed by atoms with E-state index in [0.29, 0.717) is 11.4 Å².